The molecule has 0 radical (unpaired) electrons. The third kappa shape index (κ3) is 5.59. The van der Waals surface area contributed by atoms with Gasteiger partial charge in [0.1, 0.15) is 5.82 Å². The number of unbranched alkanes of at least 4 members (excludes halogenated alkanes) is 1. The van der Waals surface area contributed by atoms with Gasteiger partial charge in [-0.1, -0.05) is 67.4 Å². The Labute approximate surface area is 189 Å². The maximum absolute atomic E-state index is 5.04. The molecule has 4 aromatic rings. The summed E-state index contributed by atoms with van der Waals surface area (Å²) in [5.41, 5.74) is 6.03. The van der Waals surface area contributed by atoms with Gasteiger partial charge in [0.15, 0.2) is 0 Å². The maximum Gasteiger partial charge on any atom is 0.126 e. The Balaban J connectivity index is 1.59. The Morgan fingerprint density at radius 3 is 2.58 bits per heavy atom. The van der Waals surface area contributed by atoms with Crippen LogP contribution in [0, 0.1) is 6.92 Å². The second-order valence-corrected chi connectivity index (χ2v) is 8.93. The zero-order valence-electron chi connectivity index (χ0n) is 18.3. The number of anilines is 1. The highest BCUT2D eigenvalue weighted by molar-refractivity contribution is 7.15. The van der Waals surface area contributed by atoms with Crippen LogP contribution in [0.4, 0.5) is 5.82 Å². The molecule has 0 bridgehead atoms. The number of nitrogens with zero attached hydrogens (tertiary/aromatic N) is 2. The van der Waals surface area contributed by atoms with Gasteiger partial charge in [-0.25, -0.2) is 9.97 Å². The molecule has 1 N–H and O–H groups in total. The minimum atomic E-state index is 0.857. The Morgan fingerprint density at radius 2 is 1.77 bits per heavy atom. The number of aryl methyl sites for hydroxylation is 2. The molecule has 4 heteroatoms. The van der Waals surface area contributed by atoms with E-state index in [-0.39, 0.29) is 0 Å². The van der Waals surface area contributed by atoms with Crippen molar-refractivity contribution in [3.8, 4) is 21.7 Å². The summed E-state index contributed by atoms with van der Waals surface area (Å²) >= 11 is 1.82. The third-order valence-corrected chi connectivity index (χ3v) is 6.46. The summed E-state index contributed by atoms with van der Waals surface area (Å²) in [6.07, 6.45) is 6.25. The van der Waals surface area contributed by atoms with E-state index in [0.29, 0.717) is 0 Å². The van der Waals surface area contributed by atoms with Gasteiger partial charge >= 0.3 is 0 Å². The van der Waals surface area contributed by atoms with Gasteiger partial charge in [0.05, 0.1) is 15.6 Å². The fraction of sp³-hybridized carbons (Fsp3) is 0.259. The molecule has 0 amide bonds. The van der Waals surface area contributed by atoms with E-state index in [9.17, 15) is 0 Å². The molecule has 158 valence electrons. The second-order valence-electron chi connectivity index (χ2n) is 7.85. The molecule has 4 rings (SSSR count). The van der Waals surface area contributed by atoms with Gasteiger partial charge in [0.2, 0.25) is 0 Å². The summed E-state index contributed by atoms with van der Waals surface area (Å²) in [4.78, 5) is 10.8. The molecule has 0 aliphatic carbocycles. The number of benzene rings is 2. The molecule has 2 heterocycles. The number of hydrogen-bond donors (Lipinski definition) is 1. The molecular formula is C27H29N3S. The van der Waals surface area contributed by atoms with E-state index in [1.807, 2.05) is 17.5 Å². The Bertz CT molecular complexity index is 1120. The Morgan fingerprint density at radius 1 is 0.903 bits per heavy atom. The van der Waals surface area contributed by atoms with Crippen LogP contribution in [0.2, 0.25) is 0 Å². The quantitative estimate of drug-likeness (QED) is 0.307. The first-order valence-electron chi connectivity index (χ1n) is 11.0. The molecule has 0 unspecified atom stereocenters. The number of nitrogens with one attached hydrogen (secondary N) is 1. The lowest BCUT2D eigenvalue weighted by Crippen LogP contribution is -2.06. The Hall–Kier alpha value is -2.98. The first-order valence-corrected chi connectivity index (χ1v) is 11.9. The van der Waals surface area contributed by atoms with Crippen molar-refractivity contribution in [2.45, 2.75) is 39.5 Å². The van der Waals surface area contributed by atoms with E-state index >= 15 is 0 Å². The van der Waals surface area contributed by atoms with E-state index in [4.69, 9.17) is 4.98 Å². The van der Waals surface area contributed by atoms with Crippen molar-refractivity contribution in [1.82, 2.24) is 9.97 Å². The zero-order chi connectivity index (χ0) is 21.5. The van der Waals surface area contributed by atoms with Crippen LogP contribution in [0.3, 0.4) is 0 Å². The van der Waals surface area contributed by atoms with E-state index in [1.54, 1.807) is 0 Å². The average Bonchev–Trinajstić information content (AvgIpc) is 3.23. The Kier molecular flexibility index (Phi) is 7.11. The van der Waals surface area contributed by atoms with Crippen molar-refractivity contribution in [2.24, 2.45) is 0 Å². The molecule has 3 nitrogen and oxygen atoms in total. The molecule has 0 spiro atoms. The van der Waals surface area contributed by atoms with Gasteiger partial charge in [-0.15, -0.1) is 11.3 Å². The van der Waals surface area contributed by atoms with Crippen molar-refractivity contribution in [2.75, 3.05) is 11.9 Å². The average molecular weight is 428 g/mol. The summed E-state index contributed by atoms with van der Waals surface area (Å²) in [6.45, 7) is 5.22. The van der Waals surface area contributed by atoms with Gasteiger partial charge in [0, 0.05) is 18.3 Å². The predicted molar refractivity (Wildman–Crippen MR) is 133 cm³/mol. The number of aromatic nitrogens is 2. The van der Waals surface area contributed by atoms with Crippen molar-refractivity contribution >= 4 is 17.2 Å². The van der Waals surface area contributed by atoms with Crippen LogP contribution in [0.15, 0.2) is 72.9 Å². The SMILES string of the molecule is CCCCc1nc(-c2cccc(C)c2)c(-c2ccnc(NCCc3ccccc3)c2)s1. The lowest BCUT2D eigenvalue weighted by molar-refractivity contribution is 0.790. The number of pyridine rings is 1. The van der Waals surface area contributed by atoms with Gasteiger partial charge in [-0.05, 0) is 55.5 Å². The molecule has 0 atom stereocenters. The number of hydrogen-bond acceptors (Lipinski definition) is 4. The molecule has 31 heavy (non-hydrogen) atoms. The number of thiazole rings is 1. The maximum atomic E-state index is 5.04. The standard InChI is InChI=1S/C27H29N3S/c1-3-4-13-25-30-26(22-12-8-9-20(2)18-22)27(31-25)23-15-17-29-24(19-23)28-16-14-21-10-6-5-7-11-21/h5-12,15,17-19H,3-4,13-14,16H2,1-2H3,(H,28,29). The minimum absolute atomic E-state index is 0.857. The summed E-state index contributed by atoms with van der Waals surface area (Å²) in [7, 11) is 0. The molecule has 0 fully saturated rings. The molecule has 0 aliphatic heterocycles. The van der Waals surface area contributed by atoms with Crippen LogP contribution in [-0.2, 0) is 12.8 Å². The number of rotatable bonds is 9. The first kappa shape index (κ1) is 21.3. The summed E-state index contributed by atoms with van der Waals surface area (Å²) in [5.74, 6) is 0.909. The highest BCUT2D eigenvalue weighted by Crippen LogP contribution is 2.38. The summed E-state index contributed by atoms with van der Waals surface area (Å²) in [6, 6.07) is 23.4. The highest BCUT2D eigenvalue weighted by atomic mass is 32.1. The second kappa shape index (κ2) is 10.4. The predicted octanol–water partition coefficient (Wildman–Crippen LogP) is 7.18. The molecule has 2 aromatic carbocycles. The van der Waals surface area contributed by atoms with Gasteiger partial charge in [-0.3, -0.25) is 0 Å². The largest absolute Gasteiger partial charge is 0.370 e. The molecule has 0 saturated carbocycles. The van der Waals surface area contributed by atoms with Crippen LogP contribution < -0.4 is 5.32 Å². The van der Waals surface area contributed by atoms with Crippen molar-refractivity contribution in [3.05, 3.63) is 89.1 Å². The van der Waals surface area contributed by atoms with Crippen LogP contribution in [0.25, 0.3) is 21.7 Å². The lowest BCUT2D eigenvalue weighted by Gasteiger charge is -2.08. The van der Waals surface area contributed by atoms with Crippen molar-refractivity contribution in [3.63, 3.8) is 0 Å². The van der Waals surface area contributed by atoms with Crippen LogP contribution in [-0.4, -0.2) is 16.5 Å². The first-order chi connectivity index (χ1) is 15.2. The van der Waals surface area contributed by atoms with Crippen LogP contribution in [0.1, 0.15) is 35.9 Å². The van der Waals surface area contributed by atoms with Crippen LogP contribution >= 0.6 is 11.3 Å². The normalized spacial score (nSPS) is 10.9. The fourth-order valence-corrected chi connectivity index (χ4v) is 4.76. The van der Waals surface area contributed by atoms with Crippen LogP contribution in [0.5, 0.6) is 0 Å². The molecular weight excluding hydrogens is 398 g/mol. The van der Waals surface area contributed by atoms with Gasteiger partial charge in [-0.2, -0.15) is 0 Å². The van der Waals surface area contributed by atoms with E-state index in [2.05, 4.69) is 90.9 Å². The summed E-state index contributed by atoms with van der Waals surface area (Å²) < 4.78 is 0. The topological polar surface area (TPSA) is 37.8 Å². The van der Waals surface area contributed by atoms with Gasteiger partial charge < -0.3 is 5.32 Å². The zero-order valence-corrected chi connectivity index (χ0v) is 19.1. The third-order valence-electron chi connectivity index (χ3n) is 5.29. The van der Waals surface area contributed by atoms with Crippen molar-refractivity contribution < 1.29 is 0 Å². The van der Waals surface area contributed by atoms with E-state index in [0.717, 1.165) is 30.9 Å². The van der Waals surface area contributed by atoms with Gasteiger partial charge in [0.25, 0.3) is 0 Å². The fourth-order valence-electron chi connectivity index (χ4n) is 3.63. The smallest absolute Gasteiger partial charge is 0.126 e. The highest BCUT2D eigenvalue weighted by Gasteiger charge is 2.15. The van der Waals surface area contributed by atoms with Crippen molar-refractivity contribution in [1.29, 1.82) is 0 Å². The lowest BCUT2D eigenvalue weighted by atomic mass is 10.1. The van der Waals surface area contributed by atoms with E-state index in [1.165, 1.54) is 45.0 Å². The van der Waals surface area contributed by atoms with E-state index < -0.39 is 0 Å². The summed E-state index contributed by atoms with van der Waals surface area (Å²) in [5, 5.41) is 4.70. The minimum Gasteiger partial charge on any atom is -0.370 e. The molecule has 2 aromatic heterocycles. The molecule has 0 saturated heterocycles. The monoisotopic (exact) mass is 427 g/mol. The molecule has 0 aliphatic rings.